The van der Waals surface area contributed by atoms with E-state index in [1.165, 1.54) is 31.8 Å². The van der Waals surface area contributed by atoms with Crippen molar-refractivity contribution >= 4 is 10.0 Å². The number of aromatic nitrogens is 3. The molecule has 2 heterocycles. The van der Waals surface area contributed by atoms with Gasteiger partial charge in [-0.1, -0.05) is 12.1 Å². The van der Waals surface area contributed by atoms with Crippen LogP contribution in [0.15, 0.2) is 34.0 Å². The minimum atomic E-state index is -3.93. The normalized spacial score (nSPS) is 16.3. The molecule has 1 aliphatic heterocycles. The number of rotatable bonds is 2. The molecule has 0 spiro atoms. The van der Waals surface area contributed by atoms with Crippen LogP contribution in [-0.4, -0.2) is 40.2 Å². The summed E-state index contributed by atoms with van der Waals surface area (Å²) in [5.74, 6) is -0.237. The van der Waals surface area contributed by atoms with Crippen LogP contribution in [-0.2, 0) is 30.0 Å². The summed E-state index contributed by atoms with van der Waals surface area (Å²) in [7, 11) is -2.37. The molecule has 22 heavy (non-hydrogen) atoms. The minimum absolute atomic E-state index is 0.106. The van der Waals surface area contributed by atoms with Crippen molar-refractivity contribution in [3.05, 3.63) is 46.4 Å². The van der Waals surface area contributed by atoms with Gasteiger partial charge in [-0.25, -0.2) is 22.3 Å². The summed E-state index contributed by atoms with van der Waals surface area (Å²) in [6.07, 6.45) is 0.309. The van der Waals surface area contributed by atoms with Crippen molar-refractivity contribution < 1.29 is 12.8 Å². The summed E-state index contributed by atoms with van der Waals surface area (Å²) < 4.78 is 42.8. The number of nitrogens with zero attached hydrogens (tertiary/aromatic N) is 4. The maximum Gasteiger partial charge on any atom is 0.345 e. The third-order valence-corrected chi connectivity index (χ3v) is 5.63. The molecular formula is C13H15FN4O3S. The Morgan fingerprint density at radius 2 is 1.91 bits per heavy atom. The van der Waals surface area contributed by atoms with Crippen LogP contribution in [0.3, 0.4) is 0 Å². The smallest absolute Gasteiger partial charge is 0.278 e. The molecule has 1 aromatic carbocycles. The van der Waals surface area contributed by atoms with E-state index in [1.807, 2.05) is 0 Å². The highest BCUT2D eigenvalue weighted by atomic mass is 32.2. The van der Waals surface area contributed by atoms with Gasteiger partial charge in [0, 0.05) is 33.1 Å². The van der Waals surface area contributed by atoms with E-state index in [0.29, 0.717) is 12.2 Å². The molecule has 0 radical (unpaired) electrons. The average Bonchev–Trinajstić information content (AvgIpc) is 2.66. The van der Waals surface area contributed by atoms with Crippen molar-refractivity contribution in [2.24, 2.45) is 7.05 Å². The second-order valence-corrected chi connectivity index (χ2v) is 6.96. The lowest BCUT2D eigenvalue weighted by atomic mass is 10.3. The van der Waals surface area contributed by atoms with Gasteiger partial charge in [-0.05, 0) is 12.1 Å². The highest BCUT2D eigenvalue weighted by Gasteiger charge is 2.29. The van der Waals surface area contributed by atoms with Crippen LogP contribution in [0.1, 0.15) is 5.82 Å². The Morgan fingerprint density at radius 1 is 1.18 bits per heavy atom. The minimum Gasteiger partial charge on any atom is -0.278 e. The second kappa shape index (κ2) is 5.33. The Morgan fingerprint density at radius 3 is 2.64 bits per heavy atom. The van der Waals surface area contributed by atoms with E-state index in [1.54, 1.807) is 7.05 Å². The van der Waals surface area contributed by atoms with Crippen LogP contribution in [0, 0.1) is 5.82 Å². The fraction of sp³-hybridized carbons (Fsp3) is 0.385. The van der Waals surface area contributed by atoms with Crippen LogP contribution in [0.4, 0.5) is 4.39 Å². The Kier molecular flexibility index (Phi) is 3.61. The molecular weight excluding hydrogens is 311 g/mol. The highest BCUT2D eigenvalue weighted by molar-refractivity contribution is 7.89. The van der Waals surface area contributed by atoms with E-state index < -0.39 is 15.8 Å². The molecule has 7 nitrogen and oxygen atoms in total. The van der Waals surface area contributed by atoms with Gasteiger partial charge in [0.15, 0.2) is 0 Å². The molecule has 1 aromatic heterocycles. The lowest BCUT2D eigenvalue weighted by molar-refractivity contribution is 0.407. The molecule has 0 atom stereocenters. The third-order valence-electron chi connectivity index (χ3n) is 3.70. The van der Waals surface area contributed by atoms with Crippen molar-refractivity contribution in [1.82, 2.24) is 18.7 Å². The number of halogens is 1. The van der Waals surface area contributed by atoms with E-state index in [2.05, 4.69) is 5.10 Å². The molecule has 1 aliphatic rings. The van der Waals surface area contributed by atoms with Crippen molar-refractivity contribution in [3.63, 3.8) is 0 Å². The van der Waals surface area contributed by atoms with Crippen LogP contribution in [0.2, 0.25) is 0 Å². The molecule has 0 fully saturated rings. The topological polar surface area (TPSA) is 77.2 Å². The standard InChI is InChI=1S/C13H15FN4O3S/c1-16-13(19)18-9-8-17(7-6-12(18)15-16)22(20,21)11-5-3-2-4-10(11)14/h2-5H,6-9H2,1H3. The van der Waals surface area contributed by atoms with Crippen molar-refractivity contribution in [2.75, 3.05) is 13.1 Å². The molecule has 3 rings (SSSR count). The first-order valence-electron chi connectivity index (χ1n) is 6.78. The Bertz CT molecular complexity index is 872. The number of fused-ring (bicyclic) bond motifs is 1. The molecule has 0 saturated heterocycles. The summed E-state index contributed by atoms with van der Waals surface area (Å²) in [6, 6.07) is 5.28. The summed E-state index contributed by atoms with van der Waals surface area (Å²) >= 11 is 0. The van der Waals surface area contributed by atoms with Gasteiger partial charge < -0.3 is 0 Å². The maximum atomic E-state index is 13.8. The second-order valence-electron chi connectivity index (χ2n) is 5.06. The quantitative estimate of drug-likeness (QED) is 0.776. The Hall–Kier alpha value is -2.00. The van der Waals surface area contributed by atoms with Crippen LogP contribution in [0.5, 0.6) is 0 Å². The molecule has 0 aliphatic carbocycles. The van der Waals surface area contributed by atoms with Crippen LogP contribution < -0.4 is 5.69 Å². The lowest BCUT2D eigenvalue weighted by Crippen LogP contribution is -2.35. The van der Waals surface area contributed by atoms with Gasteiger partial charge in [0.05, 0.1) is 0 Å². The monoisotopic (exact) mass is 326 g/mol. The SMILES string of the molecule is Cn1nc2n(c1=O)CCN(S(=O)(=O)c1ccccc1F)CC2. The molecule has 0 bridgehead atoms. The fourth-order valence-electron chi connectivity index (χ4n) is 2.55. The van der Waals surface area contributed by atoms with Gasteiger partial charge in [-0.2, -0.15) is 9.40 Å². The van der Waals surface area contributed by atoms with E-state index in [-0.39, 0.29) is 30.2 Å². The molecule has 0 unspecified atom stereocenters. The summed E-state index contributed by atoms with van der Waals surface area (Å²) in [5, 5.41) is 4.09. The van der Waals surface area contributed by atoms with Gasteiger partial charge >= 0.3 is 5.69 Å². The molecule has 0 amide bonds. The summed E-state index contributed by atoms with van der Waals surface area (Å²) in [4.78, 5) is 11.5. The number of aryl methyl sites for hydroxylation is 1. The van der Waals surface area contributed by atoms with Crippen molar-refractivity contribution in [2.45, 2.75) is 17.9 Å². The molecule has 0 N–H and O–H groups in total. The number of hydrogen-bond donors (Lipinski definition) is 0. The molecule has 0 saturated carbocycles. The first kappa shape index (κ1) is 14.9. The predicted molar refractivity (Wildman–Crippen MR) is 76.3 cm³/mol. The van der Waals surface area contributed by atoms with Gasteiger partial charge in [-0.3, -0.25) is 4.57 Å². The Labute approximate surface area is 126 Å². The number of sulfonamides is 1. The Balaban J connectivity index is 1.92. The van der Waals surface area contributed by atoms with Gasteiger partial charge in [0.1, 0.15) is 16.5 Å². The third kappa shape index (κ3) is 2.35. The number of hydrogen-bond acceptors (Lipinski definition) is 4. The van der Waals surface area contributed by atoms with E-state index in [0.717, 1.165) is 6.07 Å². The highest BCUT2D eigenvalue weighted by Crippen LogP contribution is 2.20. The van der Waals surface area contributed by atoms with Gasteiger partial charge in [0.2, 0.25) is 10.0 Å². The summed E-state index contributed by atoms with van der Waals surface area (Å²) in [5.41, 5.74) is -0.278. The lowest BCUT2D eigenvalue weighted by Gasteiger charge is -2.19. The maximum absolute atomic E-state index is 13.8. The molecule has 2 aromatic rings. The molecule has 118 valence electrons. The zero-order valence-electron chi connectivity index (χ0n) is 11.9. The first-order valence-corrected chi connectivity index (χ1v) is 8.22. The number of benzene rings is 1. The van der Waals surface area contributed by atoms with Crippen molar-refractivity contribution in [1.29, 1.82) is 0 Å². The van der Waals surface area contributed by atoms with E-state index in [9.17, 15) is 17.6 Å². The largest absolute Gasteiger partial charge is 0.345 e. The van der Waals surface area contributed by atoms with Crippen molar-refractivity contribution in [3.8, 4) is 0 Å². The summed E-state index contributed by atoms with van der Waals surface area (Å²) in [6.45, 7) is 0.470. The van der Waals surface area contributed by atoms with Gasteiger partial charge in [0.25, 0.3) is 0 Å². The van der Waals surface area contributed by atoms with E-state index >= 15 is 0 Å². The average molecular weight is 326 g/mol. The van der Waals surface area contributed by atoms with E-state index in [4.69, 9.17) is 0 Å². The molecule has 9 heteroatoms. The predicted octanol–water partition coefficient (Wildman–Crippen LogP) is -0.0321. The van der Waals surface area contributed by atoms with Gasteiger partial charge in [-0.15, -0.1) is 0 Å². The zero-order valence-corrected chi connectivity index (χ0v) is 12.8. The fourth-order valence-corrected chi connectivity index (χ4v) is 4.04. The van der Waals surface area contributed by atoms with Crippen LogP contribution >= 0.6 is 0 Å². The van der Waals surface area contributed by atoms with Crippen LogP contribution in [0.25, 0.3) is 0 Å². The zero-order chi connectivity index (χ0) is 15.9. The first-order chi connectivity index (χ1) is 10.4.